The summed E-state index contributed by atoms with van der Waals surface area (Å²) in [6.45, 7) is 3.90. The molecule has 0 radical (unpaired) electrons. The van der Waals surface area contributed by atoms with Gasteiger partial charge in [-0.3, -0.25) is 0 Å². The van der Waals surface area contributed by atoms with Gasteiger partial charge in [0.25, 0.3) is 0 Å². The molecule has 1 atom stereocenters. The molecule has 1 aliphatic heterocycles. The maximum Gasteiger partial charge on any atom is 0.338 e. The number of hydrogen-bond donors (Lipinski definition) is 3. The van der Waals surface area contributed by atoms with E-state index in [1.165, 1.54) is 18.9 Å². The number of carbonyl (C=O) groups is 2. The number of phenolic OH excluding ortho intramolecular Hbond substituents is 1. The number of rotatable bonds is 5. The molecule has 1 aromatic carbocycles. The first-order valence-corrected chi connectivity index (χ1v) is 9.94. The van der Waals surface area contributed by atoms with Crippen LogP contribution in [0.3, 0.4) is 0 Å². The first kappa shape index (κ1) is 20.0. The zero-order chi connectivity index (χ0) is 20.1. The van der Waals surface area contributed by atoms with Gasteiger partial charge in [0.15, 0.2) is 11.5 Å². The van der Waals surface area contributed by atoms with E-state index in [4.69, 9.17) is 9.47 Å². The highest BCUT2D eigenvalue weighted by atomic mass is 16.5. The summed E-state index contributed by atoms with van der Waals surface area (Å²) in [6.07, 6.45) is 6.11. The lowest BCUT2D eigenvalue weighted by Crippen LogP contribution is -2.45. The lowest BCUT2D eigenvalue weighted by molar-refractivity contribution is -0.145. The summed E-state index contributed by atoms with van der Waals surface area (Å²) in [5.41, 5.74) is 1.48. The molecule has 7 nitrogen and oxygen atoms in total. The minimum atomic E-state index is -0.674. The molecule has 2 aliphatic rings. The molecule has 0 bridgehead atoms. The fourth-order valence-electron chi connectivity index (χ4n) is 3.77. The summed E-state index contributed by atoms with van der Waals surface area (Å²) in [5.74, 6) is -0.107. The van der Waals surface area contributed by atoms with E-state index in [-0.39, 0.29) is 17.9 Å². The average Bonchev–Trinajstić information content (AvgIpc) is 2.91. The second-order valence-corrected chi connectivity index (χ2v) is 7.25. The van der Waals surface area contributed by atoms with E-state index in [1.54, 1.807) is 19.1 Å². The largest absolute Gasteiger partial charge is 0.504 e. The molecule has 0 spiro atoms. The Kier molecular flexibility index (Phi) is 6.44. The zero-order valence-electron chi connectivity index (χ0n) is 16.4. The van der Waals surface area contributed by atoms with Crippen LogP contribution in [0.2, 0.25) is 0 Å². The molecule has 0 saturated heterocycles. The average molecular weight is 388 g/mol. The van der Waals surface area contributed by atoms with E-state index >= 15 is 0 Å². The number of nitrogens with one attached hydrogen (secondary N) is 2. The van der Waals surface area contributed by atoms with Crippen molar-refractivity contribution in [3.63, 3.8) is 0 Å². The molecular formula is C21H28N2O5. The lowest BCUT2D eigenvalue weighted by Gasteiger charge is -2.29. The van der Waals surface area contributed by atoms with Crippen molar-refractivity contribution in [1.82, 2.24) is 10.6 Å². The number of hydrogen-bond acceptors (Lipinski definition) is 5. The molecule has 3 rings (SSSR count). The normalized spacial score (nSPS) is 20.8. The van der Waals surface area contributed by atoms with Gasteiger partial charge in [-0.2, -0.15) is 0 Å². The van der Waals surface area contributed by atoms with Crippen LogP contribution in [0, 0.1) is 0 Å². The Balaban J connectivity index is 1.88. The monoisotopic (exact) mass is 388 g/mol. The fourth-order valence-corrected chi connectivity index (χ4v) is 3.77. The number of allylic oxidation sites excluding steroid dienone is 1. The number of benzene rings is 1. The van der Waals surface area contributed by atoms with Gasteiger partial charge < -0.3 is 25.2 Å². The smallest absolute Gasteiger partial charge is 0.338 e. The van der Waals surface area contributed by atoms with Crippen molar-refractivity contribution >= 4 is 12.0 Å². The minimum absolute atomic E-state index is 0.00847. The second kappa shape index (κ2) is 8.99. The highest BCUT2D eigenvalue weighted by Gasteiger charge is 2.34. The van der Waals surface area contributed by atoms with Crippen LogP contribution in [0.15, 0.2) is 29.5 Å². The van der Waals surface area contributed by atoms with Crippen molar-refractivity contribution in [2.75, 3.05) is 6.61 Å². The number of amides is 2. The van der Waals surface area contributed by atoms with Gasteiger partial charge in [-0.15, -0.1) is 0 Å². The van der Waals surface area contributed by atoms with Crippen molar-refractivity contribution in [2.45, 2.75) is 64.5 Å². The first-order valence-electron chi connectivity index (χ1n) is 9.94. The van der Waals surface area contributed by atoms with E-state index < -0.39 is 12.0 Å². The molecule has 1 fully saturated rings. The third-order valence-corrected chi connectivity index (χ3v) is 5.18. The van der Waals surface area contributed by atoms with Crippen LogP contribution in [0.4, 0.5) is 4.79 Å². The van der Waals surface area contributed by atoms with Crippen LogP contribution in [-0.2, 0) is 9.53 Å². The predicted octanol–water partition coefficient (Wildman–Crippen LogP) is 3.68. The number of esters is 1. The molecule has 3 N–H and O–H groups in total. The summed E-state index contributed by atoms with van der Waals surface area (Å²) in [5, 5.41) is 15.4. The van der Waals surface area contributed by atoms with E-state index in [1.807, 2.05) is 6.92 Å². The van der Waals surface area contributed by atoms with Gasteiger partial charge in [-0.05, 0) is 57.2 Å². The Morgan fingerprint density at radius 1 is 1.21 bits per heavy atom. The highest BCUT2D eigenvalue weighted by molar-refractivity contribution is 5.95. The van der Waals surface area contributed by atoms with Crippen LogP contribution in [0.1, 0.15) is 64.0 Å². The Labute approximate surface area is 165 Å². The summed E-state index contributed by atoms with van der Waals surface area (Å²) < 4.78 is 11.2. The van der Waals surface area contributed by atoms with Gasteiger partial charge in [0.1, 0.15) is 6.10 Å². The minimum Gasteiger partial charge on any atom is -0.504 e. The predicted molar refractivity (Wildman–Crippen MR) is 104 cm³/mol. The summed E-state index contributed by atoms with van der Waals surface area (Å²) in [7, 11) is 0. The number of carbonyl (C=O) groups excluding carboxylic acids is 2. The second-order valence-electron chi connectivity index (χ2n) is 7.25. The molecule has 152 valence electrons. The van der Waals surface area contributed by atoms with Crippen LogP contribution < -0.4 is 15.4 Å². The van der Waals surface area contributed by atoms with Gasteiger partial charge in [0.2, 0.25) is 0 Å². The number of aromatic hydroxyl groups is 1. The molecule has 7 heteroatoms. The van der Waals surface area contributed by atoms with Crippen molar-refractivity contribution in [1.29, 1.82) is 0 Å². The first-order chi connectivity index (χ1) is 13.5. The zero-order valence-corrected chi connectivity index (χ0v) is 16.4. The summed E-state index contributed by atoms with van der Waals surface area (Å²) in [4.78, 5) is 25.1. The number of urea groups is 1. The maximum atomic E-state index is 13.0. The van der Waals surface area contributed by atoms with Gasteiger partial charge >= 0.3 is 12.0 Å². The Morgan fingerprint density at radius 2 is 1.93 bits per heavy atom. The molecular weight excluding hydrogens is 360 g/mol. The van der Waals surface area contributed by atoms with Crippen LogP contribution in [0.5, 0.6) is 11.5 Å². The Morgan fingerprint density at radius 3 is 2.61 bits per heavy atom. The standard InChI is InChI=1S/C21H28N2O5/c1-3-27-17-12-14(10-11-16(17)24)19-18(13(2)22-21(26)23-19)20(25)28-15-8-6-4-5-7-9-15/h10-12,15,19,24H,3-9H2,1-2H3,(H2,22,23,26)/t19-/m1/s1. The summed E-state index contributed by atoms with van der Waals surface area (Å²) >= 11 is 0. The van der Waals surface area contributed by atoms with E-state index in [9.17, 15) is 14.7 Å². The van der Waals surface area contributed by atoms with E-state index in [0.29, 0.717) is 29.2 Å². The number of phenols is 1. The topological polar surface area (TPSA) is 96.9 Å². The number of ether oxygens (including phenoxy) is 2. The molecule has 0 aromatic heterocycles. The summed E-state index contributed by atoms with van der Waals surface area (Å²) in [6, 6.07) is 3.74. The van der Waals surface area contributed by atoms with Crippen molar-refractivity contribution < 1.29 is 24.2 Å². The lowest BCUT2D eigenvalue weighted by atomic mass is 9.95. The molecule has 1 saturated carbocycles. The van der Waals surface area contributed by atoms with Crippen molar-refractivity contribution in [2.24, 2.45) is 0 Å². The molecule has 1 aromatic rings. The van der Waals surface area contributed by atoms with Gasteiger partial charge in [0.05, 0.1) is 18.2 Å². The quantitative estimate of drug-likeness (QED) is 0.528. The van der Waals surface area contributed by atoms with Gasteiger partial charge in [-0.1, -0.05) is 18.9 Å². The van der Waals surface area contributed by atoms with E-state index in [0.717, 1.165) is 25.7 Å². The van der Waals surface area contributed by atoms with Crippen molar-refractivity contribution in [3.05, 3.63) is 35.0 Å². The third-order valence-electron chi connectivity index (χ3n) is 5.18. The SMILES string of the molecule is CCOc1cc([C@H]2NC(=O)NC(C)=C2C(=O)OC2CCCCCC2)ccc1O. The van der Waals surface area contributed by atoms with Crippen molar-refractivity contribution in [3.8, 4) is 11.5 Å². The Bertz CT molecular complexity index is 766. The van der Waals surface area contributed by atoms with Crippen LogP contribution in [0.25, 0.3) is 0 Å². The molecule has 1 heterocycles. The Hall–Kier alpha value is -2.70. The molecule has 28 heavy (non-hydrogen) atoms. The molecule has 0 unspecified atom stereocenters. The van der Waals surface area contributed by atoms with Gasteiger partial charge in [-0.25, -0.2) is 9.59 Å². The molecule has 1 aliphatic carbocycles. The molecule has 2 amide bonds. The third kappa shape index (κ3) is 4.58. The maximum absolute atomic E-state index is 13.0. The van der Waals surface area contributed by atoms with E-state index in [2.05, 4.69) is 10.6 Å². The highest BCUT2D eigenvalue weighted by Crippen LogP contribution is 2.34. The fraction of sp³-hybridized carbons (Fsp3) is 0.524. The van der Waals surface area contributed by atoms with Crippen LogP contribution in [-0.4, -0.2) is 29.8 Å². The van der Waals surface area contributed by atoms with Gasteiger partial charge in [0, 0.05) is 5.70 Å². The van der Waals surface area contributed by atoms with Crippen LogP contribution >= 0.6 is 0 Å².